The van der Waals surface area contributed by atoms with Crippen LogP contribution in [0.5, 0.6) is 0 Å². The van der Waals surface area contributed by atoms with Gasteiger partial charge >= 0.3 is 0 Å². The molecule has 140 valence electrons. The predicted molar refractivity (Wildman–Crippen MR) is 96.3 cm³/mol. The highest BCUT2D eigenvalue weighted by molar-refractivity contribution is 5.85. The van der Waals surface area contributed by atoms with Gasteiger partial charge < -0.3 is 10.6 Å². The zero-order chi connectivity index (χ0) is 17.4. The summed E-state index contributed by atoms with van der Waals surface area (Å²) in [4.78, 5) is 14.5. The van der Waals surface area contributed by atoms with Crippen LogP contribution >= 0.6 is 12.4 Å². The summed E-state index contributed by atoms with van der Waals surface area (Å²) in [5.74, 6) is -0.162. The number of amides is 1. The highest BCUT2D eigenvalue weighted by Gasteiger charge is 2.41. The maximum atomic E-state index is 14.0. The van der Waals surface area contributed by atoms with E-state index >= 15 is 0 Å². The van der Waals surface area contributed by atoms with E-state index in [1.54, 1.807) is 18.9 Å². The van der Waals surface area contributed by atoms with Gasteiger partial charge in [-0.05, 0) is 62.6 Å². The lowest BCUT2D eigenvalue weighted by Crippen LogP contribution is -2.49. The molecule has 2 bridgehead atoms. The maximum Gasteiger partial charge on any atom is 0.225 e. The highest BCUT2D eigenvalue weighted by atomic mass is 35.5. The summed E-state index contributed by atoms with van der Waals surface area (Å²) >= 11 is 0. The topological polar surface area (TPSA) is 46.3 Å². The number of rotatable bonds is 3. The van der Waals surface area contributed by atoms with E-state index < -0.39 is 17.7 Å². The van der Waals surface area contributed by atoms with Crippen LogP contribution in [0.25, 0.3) is 0 Å². The van der Waals surface area contributed by atoms with Crippen molar-refractivity contribution in [1.29, 1.82) is 0 Å². The quantitative estimate of drug-likeness (QED) is 0.869. The van der Waals surface area contributed by atoms with Gasteiger partial charge in [0, 0.05) is 24.6 Å². The van der Waals surface area contributed by atoms with E-state index in [1.165, 1.54) is 12.5 Å². The number of benzene rings is 1. The molecule has 0 saturated heterocycles. The van der Waals surface area contributed by atoms with E-state index in [0.29, 0.717) is 11.8 Å². The van der Waals surface area contributed by atoms with Crippen LogP contribution in [0.15, 0.2) is 18.2 Å². The summed E-state index contributed by atoms with van der Waals surface area (Å²) in [6, 6.07) is 3.10. The van der Waals surface area contributed by atoms with Crippen LogP contribution in [0.1, 0.15) is 50.6 Å². The summed E-state index contributed by atoms with van der Waals surface area (Å²) in [6.07, 6.45) is 5.03. The Balaban J connectivity index is 0.00000225. The van der Waals surface area contributed by atoms with Crippen molar-refractivity contribution < 1.29 is 13.6 Å². The van der Waals surface area contributed by atoms with Gasteiger partial charge in [-0.3, -0.25) is 4.79 Å². The average molecular weight is 373 g/mol. The molecule has 2 aliphatic carbocycles. The number of halogens is 3. The van der Waals surface area contributed by atoms with Crippen LogP contribution in [0, 0.1) is 29.4 Å². The van der Waals surface area contributed by atoms with Crippen molar-refractivity contribution in [2.45, 2.75) is 51.1 Å². The minimum Gasteiger partial charge on any atom is -0.339 e. The first-order valence-corrected chi connectivity index (χ1v) is 8.85. The SMILES string of the molecule is CC(c1cc(F)ccc1F)N(C)C(=O)C1CC2CCCC(C1)C2N.Cl. The Labute approximate surface area is 154 Å². The van der Waals surface area contributed by atoms with E-state index in [4.69, 9.17) is 5.73 Å². The van der Waals surface area contributed by atoms with Crippen LogP contribution in [0.4, 0.5) is 8.78 Å². The molecule has 0 spiro atoms. The molecule has 1 amide bonds. The molecule has 0 aromatic heterocycles. The molecule has 2 N–H and O–H groups in total. The molecule has 1 aromatic rings. The zero-order valence-electron chi connectivity index (χ0n) is 14.8. The highest BCUT2D eigenvalue weighted by Crippen LogP contribution is 2.42. The molecule has 3 rings (SSSR count). The van der Waals surface area contributed by atoms with E-state index in [0.717, 1.165) is 37.8 Å². The molecule has 3 unspecified atom stereocenters. The second-order valence-electron chi connectivity index (χ2n) is 7.49. The fraction of sp³-hybridized carbons (Fsp3) is 0.632. The number of carbonyl (C=O) groups is 1. The number of hydrogen-bond acceptors (Lipinski definition) is 2. The average Bonchev–Trinajstić information content (AvgIpc) is 2.55. The van der Waals surface area contributed by atoms with Crippen LogP contribution in [-0.4, -0.2) is 23.9 Å². The normalized spacial score (nSPS) is 29.5. The zero-order valence-corrected chi connectivity index (χ0v) is 15.6. The van der Waals surface area contributed by atoms with Crippen molar-refractivity contribution in [1.82, 2.24) is 4.90 Å². The molecule has 2 fully saturated rings. The van der Waals surface area contributed by atoms with Crippen molar-refractivity contribution in [3.05, 3.63) is 35.4 Å². The van der Waals surface area contributed by atoms with Gasteiger partial charge in [0.15, 0.2) is 0 Å². The Morgan fingerprint density at radius 3 is 2.44 bits per heavy atom. The fourth-order valence-corrected chi connectivity index (χ4v) is 4.51. The molecule has 25 heavy (non-hydrogen) atoms. The van der Waals surface area contributed by atoms with Gasteiger partial charge in [-0.15, -0.1) is 12.4 Å². The summed E-state index contributed by atoms with van der Waals surface area (Å²) < 4.78 is 27.4. The van der Waals surface area contributed by atoms with E-state index in [1.807, 2.05) is 0 Å². The van der Waals surface area contributed by atoms with Gasteiger partial charge in [0.1, 0.15) is 11.6 Å². The van der Waals surface area contributed by atoms with Crippen molar-refractivity contribution in [3.63, 3.8) is 0 Å². The van der Waals surface area contributed by atoms with E-state index in [9.17, 15) is 13.6 Å². The molecule has 0 aliphatic heterocycles. The van der Waals surface area contributed by atoms with Gasteiger partial charge in [-0.25, -0.2) is 8.78 Å². The lowest BCUT2D eigenvalue weighted by atomic mass is 9.65. The Hall–Kier alpha value is -1.20. The standard InChI is InChI=1S/C19H26F2N2O.ClH/c1-11(16-10-15(20)6-7-17(16)21)23(2)19(24)14-8-12-4-3-5-13(9-14)18(12)22;/h6-7,10-14,18H,3-5,8-9,22H2,1-2H3;1H. The number of fused-ring (bicyclic) bond motifs is 2. The summed E-state index contributed by atoms with van der Waals surface area (Å²) in [5, 5.41) is 0. The number of carbonyl (C=O) groups excluding carboxylic acids is 1. The maximum absolute atomic E-state index is 14.0. The molecule has 3 nitrogen and oxygen atoms in total. The van der Waals surface area contributed by atoms with Crippen LogP contribution < -0.4 is 5.73 Å². The molecule has 2 aliphatic rings. The Morgan fingerprint density at radius 2 is 1.84 bits per heavy atom. The first-order chi connectivity index (χ1) is 11.4. The van der Waals surface area contributed by atoms with Crippen LogP contribution in [0.3, 0.4) is 0 Å². The van der Waals surface area contributed by atoms with Gasteiger partial charge in [-0.1, -0.05) is 6.42 Å². The summed E-state index contributed by atoms with van der Waals surface area (Å²) in [6.45, 7) is 1.74. The fourth-order valence-electron chi connectivity index (χ4n) is 4.51. The first-order valence-electron chi connectivity index (χ1n) is 8.85. The van der Waals surface area contributed by atoms with Crippen molar-refractivity contribution in [2.24, 2.45) is 23.5 Å². The molecule has 2 saturated carbocycles. The van der Waals surface area contributed by atoms with Gasteiger partial charge in [0.25, 0.3) is 0 Å². The lowest BCUT2D eigenvalue weighted by Gasteiger charge is -2.44. The number of nitrogens with zero attached hydrogens (tertiary/aromatic N) is 1. The third kappa shape index (κ3) is 3.98. The largest absolute Gasteiger partial charge is 0.339 e. The van der Waals surface area contributed by atoms with Gasteiger partial charge in [0.2, 0.25) is 5.91 Å². The minimum absolute atomic E-state index is 0. The lowest BCUT2D eigenvalue weighted by molar-refractivity contribution is -0.139. The van der Waals surface area contributed by atoms with Gasteiger partial charge in [0.05, 0.1) is 6.04 Å². The van der Waals surface area contributed by atoms with Crippen molar-refractivity contribution in [2.75, 3.05) is 7.05 Å². The first kappa shape index (κ1) is 20.1. The summed E-state index contributed by atoms with van der Waals surface area (Å²) in [7, 11) is 1.68. The molecule has 1 aromatic carbocycles. The second kappa shape index (κ2) is 8.00. The third-order valence-corrected chi connectivity index (χ3v) is 6.10. The number of hydrogen-bond donors (Lipinski definition) is 1. The monoisotopic (exact) mass is 372 g/mol. The van der Waals surface area contributed by atoms with Crippen LogP contribution in [0.2, 0.25) is 0 Å². The molecule has 0 radical (unpaired) electrons. The molecular weight excluding hydrogens is 346 g/mol. The third-order valence-electron chi connectivity index (χ3n) is 6.10. The number of nitrogens with two attached hydrogens (primary N) is 1. The predicted octanol–water partition coefficient (Wildman–Crippen LogP) is 4.06. The molecule has 3 atom stereocenters. The van der Waals surface area contributed by atoms with Gasteiger partial charge in [-0.2, -0.15) is 0 Å². The van der Waals surface area contributed by atoms with Crippen molar-refractivity contribution >= 4 is 18.3 Å². The molecule has 0 heterocycles. The Kier molecular flexibility index (Phi) is 6.44. The molecule has 6 heteroatoms. The molecular formula is C19H27ClF2N2O. The van der Waals surface area contributed by atoms with E-state index in [2.05, 4.69) is 0 Å². The smallest absolute Gasteiger partial charge is 0.225 e. The Morgan fingerprint density at radius 1 is 1.24 bits per heavy atom. The Bertz CT molecular complexity index is 613. The summed E-state index contributed by atoms with van der Waals surface area (Å²) in [5.41, 5.74) is 6.51. The van der Waals surface area contributed by atoms with Crippen molar-refractivity contribution in [3.8, 4) is 0 Å². The second-order valence-corrected chi connectivity index (χ2v) is 7.49. The van der Waals surface area contributed by atoms with E-state index in [-0.39, 0.29) is 35.8 Å². The minimum atomic E-state index is -0.497. The van der Waals surface area contributed by atoms with Crippen LogP contribution in [-0.2, 0) is 4.79 Å².